The Balaban J connectivity index is 1.60. The van der Waals surface area contributed by atoms with Crippen LogP contribution in [0.25, 0.3) is 11.1 Å². The van der Waals surface area contributed by atoms with Crippen molar-refractivity contribution in [3.63, 3.8) is 0 Å². The lowest BCUT2D eigenvalue weighted by Gasteiger charge is -2.32. The molecule has 5 nitrogen and oxygen atoms in total. The normalized spacial score (nSPS) is 16.4. The van der Waals surface area contributed by atoms with Crippen molar-refractivity contribution in [3.05, 3.63) is 59.7 Å². The van der Waals surface area contributed by atoms with Gasteiger partial charge in [0.1, 0.15) is 6.04 Å². The summed E-state index contributed by atoms with van der Waals surface area (Å²) in [7, 11) is 2.18. The quantitative estimate of drug-likeness (QED) is 0.768. The first-order chi connectivity index (χ1) is 13.2. The molecule has 2 aromatic carbocycles. The Morgan fingerprint density at radius 1 is 1.00 bits per heavy atom. The third-order valence-electron chi connectivity index (χ3n) is 5.11. The molecule has 3 rings (SSSR count). The third kappa shape index (κ3) is 5.40. The highest BCUT2D eigenvalue weighted by Crippen LogP contribution is 2.21. The van der Waals surface area contributed by atoms with Gasteiger partial charge in [0.2, 0.25) is 6.41 Å². The zero-order valence-electron chi connectivity index (χ0n) is 15.8. The fourth-order valence-electron chi connectivity index (χ4n) is 3.36. The molecule has 1 amide bonds. The number of rotatable bonds is 7. The predicted molar refractivity (Wildman–Crippen MR) is 107 cm³/mol. The second kappa shape index (κ2) is 9.31. The number of carbonyl (C=O) groups is 1. The number of nitrogens with one attached hydrogen (secondary N) is 1. The van der Waals surface area contributed by atoms with Crippen LogP contribution in [-0.2, 0) is 17.8 Å². The van der Waals surface area contributed by atoms with E-state index < -0.39 is 6.04 Å². The predicted octanol–water partition coefficient (Wildman–Crippen LogP) is 2.28. The molecule has 0 bridgehead atoms. The van der Waals surface area contributed by atoms with Crippen LogP contribution in [0.4, 0.5) is 0 Å². The first-order valence-electron chi connectivity index (χ1n) is 9.36. The summed E-state index contributed by atoms with van der Waals surface area (Å²) in [6.45, 7) is 5.54. The maximum atomic E-state index is 10.5. The summed E-state index contributed by atoms with van der Waals surface area (Å²) in [5.74, 6) is 0. The third-order valence-corrected chi connectivity index (χ3v) is 5.11. The molecule has 1 heterocycles. The zero-order chi connectivity index (χ0) is 19.1. The van der Waals surface area contributed by atoms with Gasteiger partial charge in [0.25, 0.3) is 0 Å². The molecule has 0 spiro atoms. The van der Waals surface area contributed by atoms with Gasteiger partial charge >= 0.3 is 0 Å². The van der Waals surface area contributed by atoms with Crippen molar-refractivity contribution in [2.24, 2.45) is 0 Å². The van der Waals surface area contributed by atoms with Crippen molar-refractivity contribution in [2.75, 3.05) is 33.2 Å². The van der Waals surface area contributed by atoms with Gasteiger partial charge in [-0.25, -0.2) is 0 Å². The Labute approximate surface area is 161 Å². The Kier molecular flexibility index (Phi) is 6.59. The lowest BCUT2D eigenvalue weighted by Crippen LogP contribution is -2.43. The molecule has 1 unspecified atom stereocenters. The number of hydrogen-bond donors (Lipinski definition) is 1. The molecule has 0 aliphatic carbocycles. The van der Waals surface area contributed by atoms with Crippen LogP contribution in [0, 0.1) is 11.3 Å². The zero-order valence-corrected chi connectivity index (χ0v) is 15.8. The molecular weight excluding hydrogens is 336 g/mol. The summed E-state index contributed by atoms with van der Waals surface area (Å²) in [6, 6.07) is 18.5. The molecule has 0 saturated carbocycles. The molecule has 27 heavy (non-hydrogen) atoms. The minimum absolute atomic E-state index is 0.484. The van der Waals surface area contributed by atoms with E-state index in [0.29, 0.717) is 12.8 Å². The van der Waals surface area contributed by atoms with Gasteiger partial charge in [0.15, 0.2) is 0 Å². The van der Waals surface area contributed by atoms with Gasteiger partial charge in [-0.15, -0.1) is 0 Å². The van der Waals surface area contributed by atoms with Crippen LogP contribution < -0.4 is 5.32 Å². The highest BCUT2D eigenvalue weighted by molar-refractivity contribution is 5.64. The Hall–Kier alpha value is -2.68. The van der Waals surface area contributed by atoms with Crippen molar-refractivity contribution >= 4 is 6.41 Å². The SMILES string of the molecule is CN1CCN(Cc2ccc(-c3ccc(CC(C#N)NC=O)cc3)cc2)CC1. The van der Waals surface area contributed by atoms with Crippen LogP contribution in [0.5, 0.6) is 0 Å². The standard InChI is InChI=1S/C22H26N4O/c1-25-10-12-26(13-11-25)16-19-4-8-21(9-5-19)20-6-2-18(3-7-20)14-22(15-23)24-17-27/h2-9,17,22H,10-14,16H2,1H3,(H,24,27). The van der Waals surface area contributed by atoms with Crippen LogP contribution >= 0.6 is 0 Å². The average Bonchev–Trinajstić information content (AvgIpc) is 2.70. The van der Waals surface area contributed by atoms with E-state index in [1.807, 2.05) is 12.1 Å². The molecule has 1 atom stereocenters. The minimum atomic E-state index is -0.484. The van der Waals surface area contributed by atoms with Gasteiger partial charge in [-0.05, 0) is 29.3 Å². The summed E-state index contributed by atoms with van der Waals surface area (Å²) in [4.78, 5) is 15.4. The molecule has 1 fully saturated rings. The summed E-state index contributed by atoms with van der Waals surface area (Å²) in [5, 5.41) is 11.6. The molecule has 0 radical (unpaired) electrons. The first-order valence-corrected chi connectivity index (χ1v) is 9.36. The van der Waals surface area contributed by atoms with E-state index in [4.69, 9.17) is 5.26 Å². The van der Waals surface area contributed by atoms with Crippen LogP contribution in [-0.4, -0.2) is 55.5 Å². The van der Waals surface area contributed by atoms with Gasteiger partial charge in [-0.3, -0.25) is 9.69 Å². The second-order valence-corrected chi connectivity index (χ2v) is 7.14. The van der Waals surface area contributed by atoms with Gasteiger partial charge in [-0.2, -0.15) is 5.26 Å². The number of likely N-dealkylation sites (N-methyl/N-ethyl adjacent to an activating group) is 1. The second-order valence-electron chi connectivity index (χ2n) is 7.14. The number of nitrogens with zero attached hydrogens (tertiary/aromatic N) is 3. The molecule has 1 aliphatic rings. The van der Waals surface area contributed by atoms with Gasteiger partial charge < -0.3 is 10.2 Å². The fourth-order valence-corrected chi connectivity index (χ4v) is 3.36. The van der Waals surface area contributed by atoms with Crippen molar-refractivity contribution in [3.8, 4) is 17.2 Å². The Morgan fingerprint density at radius 3 is 2.07 bits per heavy atom. The van der Waals surface area contributed by atoms with Gasteiger partial charge in [0.05, 0.1) is 6.07 Å². The maximum absolute atomic E-state index is 10.5. The molecule has 5 heteroatoms. The average molecular weight is 362 g/mol. The lowest BCUT2D eigenvalue weighted by atomic mass is 10.00. The summed E-state index contributed by atoms with van der Waals surface area (Å²) < 4.78 is 0. The maximum Gasteiger partial charge on any atom is 0.208 e. The van der Waals surface area contributed by atoms with E-state index in [2.05, 4.69) is 64.6 Å². The summed E-state index contributed by atoms with van der Waals surface area (Å²) in [5.41, 5.74) is 4.72. The molecule has 1 saturated heterocycles. The highest BCUT2D eigenvalue weighted by atomic mass is 16.1. The van der Waals surface area contributed by atoms with Crippen LogP contribution in [0.2, 0.25) is 0 Å². The van der Waals surface area contributed by atoms with Crippen molar-refractivity contribution < 1.29 is 4.79 Å². The van der Waals surface area contributed by atoms with E-state index in [1.165, 1.54) is 11.1 Å². The molecule has 0 aromatic heterocycles. The van der Waals surface area contributed by atoms with Crippen LogP contribution in [0.3, 0.4) is 0 Å². The topological polar surface area (TPSA) is 59.4 Å². The largest absolute Gasteiger partial charge is 0.343 e. The molecule has 1 N–H and O–H groups in total. The minimum Gasteiger partial charge on any atom is -0.343 e. The Morgan fingerprint density at radius 2 is 1.56 bits per heavy atom. The van der Waals surface area contributed by atoms with Gasteiger partial charge in [0, 0.05) is 39.1 Å². The first kappa shape index (κ1) is 19.1. The highest BCUT2D eigenvalue weighted by Gasteiger charge is 2.13. The number of nitriles is 1. The van der Waals surface area contributed by atoms with E-state index in [-0.39, 0.29) is 0 Å². The molecule has 140 valence electrons. The number of piperazine rings is 1. The van der Waals surface area contributed by atoms with Crippen LogP contribution in [0.1, 0.15) is 11.1 Å². The van der Waals surface area contributed by atoms with Gasteiger partial charge in [-0.1, -0.05) is 48.5 Å². The smallest absolute Gasteiger partial charge is 0.208 e. The van der Waals surface area contributed by atoms with E-state index in [9.17, 15) is 4.79 Å². The molecule has 1 aliphatic heterocycles. The van der Waals surface area contributed by atoms with E-state index >= 15 is 0 Å². The molecule has 2 aromatic rings. The number of benzene rings is 2. The lowest BCUT2D eigenvalue weighted by molar-refractivity contribution is -0.109. The Bertz CT molecular complexity index is 771. The number of amides is 1. The van der Waals surface area contributed by atoms with E-state index in [0.717, 1.165) is 43.9 Å². The summed E-state index contributed by atoms with van der Waals surface area (Å²) >= 11 is 0. The van der Waals surface area contributed by atoms with Crippen molar-refractivity contribution in [2.45, 2.75) is 19.0 Å². The number of hydrogen-bond acceptors (Lipinski definition) is 4. The number of carbonyl (C=O) groups excluding carboxylic acids is 1. The monoisotopic (exact) mass is 362 g/mol. The van der Waals surface area contributed by atoms with E-state index in [1.54, 1.807) is 0 Å². The molecular formula is C22H26N4O. The van der Waals surface area contributed by atoms with Crippen LogP contribution in [0.15, 0.2) is 48.5 Å². The summed E-state index contributed by atoms with van der Waals surface area (Å²) in [6.07, 6.45) is 1.09. The van der Waals surface area contributed by atoms with Crippen molar-refractivity contribution in [1.82, 2.24) is 15.1 Å². The van der Waals surface area contributed by atoms with Crippen molar-refractivity contribution in [1.29, 1.82) is 5.26 Å². The fraction of sp³-hybridized carbons (Fsp3) is 0.364.